The van der Waals surface area contributed by atoms with Gasteiger partial charge in [-0.15, -0.1) is 0 Å². The van der Waals surface area contributed by atoms with Gasteiger partial charge in [0.2, 0.25) is 0 Å². The maximum Gasteiger partial charge on any atom is 0.331 e. The zero-order chi connectivity index (χ0) is 12.0. The Hall–Kier alpha value is -1.65. The van der Waals surface area contributed by atoms with Crippen LogP contribution in [0.5, 0.6) is 0 Å². The zero-order valence-electron chi connectivity index (χ0n) is 9.86. The Morgan fingerprint density at radius 3 is 2.88 bits per heavy atom. The highest BCUT2D eigenvalue weighted by Gasteiger charge is 2.33. The predicted octanol–water partition coefficient (Wildman–Crippen LogP) is 1.62. The van der Waals surface area contributed by atoms with E-state index in [0.717, 1.165) is 6.42 Å². The number of aromatic nitrogens is 2. The fourth-order valence-corrected chi connectivity index (χ4v) is 1.59. The number of nitrogens with one attached hydrogen (secondary N) is 1. The number of anilines is 1. The molecule has 0 saturated carbocycles. The Morgan fingerprint density at radius 1 is 1.62 bits per heavy atom. The molecule has 0 aliphatic rings. The Balaban J connectivity index is 2.83. The number of ether oxygens (including phenoxy) is 1. The van der Waals surface area contributed by atoms with Crippen molar-refractivity contribution in [3.8, 4) is 0 Å². The lowest BCUT2D eigenvalue weighted by molar-refractivity contribution is -0.145. The van der Waals surface area contributed by atoms with Crippen LogP contribution in [-0.2, 0) is 9.53 Å². The van der Waals surface area contributed by atoms with Crippen molar-refractivity contribution in [2.24, 2.45) is 0 Å². The minimum atomic E-state index is -0.738. The first-order chi connectivity index (χ1) is 7.62. The van der Waals surface area contributed by atoms with E-state index in [9.17, 15) is 4.79 Å². The highest BCUT2D eigenvalue weighted by Crippen LogP contribution is 2.19. The summed E-state index contributed by atoms with van der Waals surface area (Å²) < 4.78 is 4.80. The molecule has 1 atom stereocenters. The number of hydrogen-bond acceptors (Lipinski definition) is 5. The van der Waals surface area contributed by atoms with Gasteiger partial charge in [-0.2, -0.15) is 0 Å². The monoisotopic (exact) mass is 223 g/mol. The van der Waals surface area contributed by atoms with Crippen molar-refractivity contribution in [2.45, 2.75) is 32.2 Å². The van der Waals surface area contributed by atoms with E-state index in [4.69, 9.17) is 4.74 Å². The molecule has 1 unspecified atom stereocenters. The van der Waals surface area contributed by atoms with E-state index < -0.39 is 5.54 Å². The third-order valence-electron chi connectivity index (χ3n) is 2.37. The summed E-state index contributed by atoms with van der Waals surface area (Å²) in [5, 5.41) is 3.08. The fraction of sp³-hybridized carbons (Fsp3) is 0.545. The quantitative estimate of drug-likeness (QED) is 0.768. The first-order valence-electron chi connectivity index (χ1n) is 5.25. The highest BCUT2D eigenvalue weighted by atomic mass is 16.5. The van der Waals surface area contributed by atoms with Gasteiger partial charge in [0.1, 0.15) is 17.7 Å². The first-order valence-corrected chi connectivity index (χ1v) is 5.25. The minimum Gasteiger partial charge on any atom is -0.467 e. The van der Waals surface area contributed by atoms with Crippen LogP contribution in [0.3, 0.4) is 0 Å². The normalized spacial score (nSPS) is 13.9. The molecule has 5 heteroatoms. The third kappa shape index (κ3) is 2.92. The molecule has 16 heavy (non-hydrogen) atoms. The van der Waals surface area contributed by atoms with Crippen molar-refractivity contribution < 1.29 is 9.53 Å². The molecule has 0 amide bonds. The van der Waals surface area contributed by atoms with E-state index >= 15 is 0 Å². The van der Waals surface area contributed by atoms with Gasteiger partial charge in [0.05, 0.1) is 7.11 Å². The molecule has 5 nitrogen and oxygen atoms in total. The van der Waals surface area contributed by atoms with Gasteiger partial charge >= 0.3 is 5.97 Å². The fourth-order valence-electron chi connectivity index (χ4n) is 1.59. The van der Waals surface area contributed by atoms with Gasteiger partial charge in [0.15, 0.2) is 0 Å². The van der Waals surface area contributed by atoms with Crippen LogP contribution in [0, 0.1) is 0 Å². The second-order valence-electron chi connectivity index (χ2n) is 3.79. The highest BCUT2D eigenvalue weighted by molar-refractivity contribution is 5.83. The molecule has 1 aromatic heterocycles. The summed E-state index contributed by atoms with van der Waals surface area (Å²) in [5.41, 5.74) is -0.738. The SMILES string of the molecule is CCCC(C)(Nc1ccncn1)C(=O)OC. The van der Waals surface area contributed by atoms with Crippen LogP contribution < -0.4 is 5.32 Å². The molecule has 1 N–H and O–H groups in total. The zero-order valence-corrected chi connectivity index (χ0v) is 9.86. The van der Waals surface area contributed by atoms with E-state index in [1.54, 1.807) is 12.3 Å². The van der Waals surface area contributed by atoms with Crippen LogP contribution >= 0.6 is 0 Å². The van der Waals surface area contributed by atoms with Crippen molar-refractivity contribution in [1.82, 2.24) is 9.97 Å². The minimum absolute atomic E-state index is 0.284. The number of carbonyl (C=O) groups excluding carboxylic acids is 1. The number of nitrogens with zero attached hydrogens (tertiary/aromatic N) is 2. The number of esters is 1. The van der Waals surface area contributed by atoms with E-state index in [-0.39, 0.29) is 5.97 Å². The summed E-state index contributed by atoms with van der Waals surface area (Å²) in [4.78, 5) is 19.6. The molecule has 0 bridgehead atoms. The molecule has 0 fully saturated rings. The maximum absolute atomic E-state index is 11.7. The van der Waals surface area contributed by atoms with E-state index in [2.05, 4.69) is 15.3 Å². The molecule has 0 radical (unpaired) electrons. The Bertz CT molecular complexity index is 342. The van der Waals surface area contributed by atoms with Crippen molar-refractivity contribution in [3.05, 3.63) is 18.6 Å². The molecule has 1 aromatic rings. The molecule has 1 heterocycles. The number of rotatable bonds is 5. The van der Waals surface area contributed by atoms with Crippen molar-refractivity contribution in [2.75, 3.05) is 12.4 Å². The summed E-state index contributed by atoms with van der Waals surface area (Å²) >= 11 is 0. The lowest BCUT2D eigenvalue weighted by Gasteiger charge is -2.27. The van der Waals surface area contributed by atoms with Gasteiger partial charge in [-0.25, -0.2) is 14.8 Å². The molecular weight excluding hydrogens is 206 g/mol. The molecule has 0 aromatic carbocycles. The number of hydrogen-bond donors (Lipinski definition) is 1. The average molecular weight is 223 g/mol. The Morgan fingerprint density at radius 2 is 2.38 bits per heavy atom. The van der Waals surface area contributed by atoms with Gasteiger partial charge in [-0.1, -0.05) is 13.3 Å². The van der Waals surface area contributed by atoms with E-state index in [1.807, 2.05) is 13.8 Å². The Kier molecular flexibility index (Phi) is 4.22. The molecular formula is C11H17N3O2. The average Bonchev–Trinajstić information content (AvgIpc) is 2.29. The van der Waals surface area contributed by atoms with Crippen molar-refractivity contribution in [3.63, 3.8) is 0 Å². The van der Waals surface area contributed by atoms with Crippen LogP contribution in [0.15, 0.2) is 18.6 Å². The lowest BCUT2D eigenvalue weighted by Crippen LogP contribution is -2.44. The second-order valence-corrected chi connectivity index (χ2v) is 3.79. The van der Waals surface area contributed by atoms with E-state index in [0.29, 0.717) is 12.2 Å². The Labute approximate surface area is 95.3 Å². The standard InChI is InChI=1S/C11H17N3O2/c1-4-6-11(2,10(15)16-3)14-9-5-7-12-8-13-9/h5,7-8H,4,6H2,1-3H3,(H,12,13,14). The van der Waals surface area contributed by atoms with E-state index in [1.165, 1.54) is 13.4 Å². The van der Waals surface area contributed by atoms with Crippen LogP contribution in [0.2, 0.25) is 0 Å². The summed E-state index contributed by atoms with van der Waals surface area (Å²) in [7, 11) is 1.39. The largest absolute Gasteiger partial charge is 0.467 e. The molecule has 88 valence electrons. The smallest absolute Gasteiger partial charge is 0.331 e. The van der Waals surface area contributed by atoms with Gasteiger partial charge in [-0.3, -0.25) is 0 Å². The maximum atomic E-state index is 11.7. The van der Waals surface area contributed by atoms with Gasteiger partial charge in [0, 0.05) is 6.20 Å². The van der Waals surface area contributed by atoms with Crippen LogP contribution in [-0.4, -0.2) is 28.6 Å². The van der Waals surface area contributed by atoms with Crippen LogP contribution in [0.4, 0.5) is 5.82 Å². The predicted molar refractivity (Wildman–Crippen MR) is 61.0 cm³/mol. The molecule has 0 spiro atoms. The van der Waals surface area contributed by atoms with Crippen LogP contribution in [0.25, 0.3) is 0 Å². The lowest BCUT2D eigenvalue weighted by atomic mass is 9.96. The summed E-state index contributed by atoms with van der Waals surface area (Å²) in [6.07, 6.45) is 4.62. The molecule has 0 aliphatic carbocycles. The first kappa shape index (κ1) is 12.4. The third-order valence-corrected chi connectivity index (χ3v) is 2.37. The van der Waals surface area contributed by atoms with Gasteiger partial charge in [-0.05, 0) is 19.4 Å². The van der Waals surface area contributed by atoms with Gasteiger partial charge in [0.25, 0.3) is 0 Å². The summed E-state index contributed by atoms with van der Waals surface area (Å²) in [6.45, 7) is 3.83. The number of methoxy groups -OCH3 is 1. The summed E-state index contributed by atoms with van der Waals surface area (Å²) in [5.74, 6) is 0.337. The molecule has 1 rings (SSSR count). The van der Waals surface area contributed by atoms with Crippen molar-refractivity contribution >= 4 is 11.8 Å². The van der Waals surface area contributed by atoms with Crippen LogP contribution in [0.1, 0.15) is 26.7 Å². The topological polar surface area (TPSA) is 64.1 Å². The van der Waals surface area contributed by atoms with Crippen molar-refractivity contribution in [1.29, 1.82) is 0 Å². The molecule has 0 saturated heterocycles. The van der Waals surface area contributed by atoms with Gasteiger partial charge < -0.3 is 10.1 Å². The molecule has 0 aliphatic heterocycles. The number of carbonyl (C=O) groups is 1. The second kappa shape index (κ2) is 5.44. The summed E-state index contributed by atoms with van der Waals surface area (Å²) in [6, 6.07) is 1.72.